The molecule has 0 saturated heterocycles. The number of aryl methyl sites for hydroxylation is 1. The Labute approximate surface area is 104 Å². The lowest BCUT2D eigenvalue weighted by Gasteiger charge is -2.03. The Morgan fingerprint density at radius 3 is 2.94 bits per heavy atom. The highest BCUT2D eigenvalue weighted by molar-refractivity contribution is 7.91. The van der Waals surface area contributed by atoms with Gasteiger partial charge in [0.1, 0.15) is 10.0 Å². The van der Waals surface area contributed by atoms with Crippen molar-refractivity contribution < 1.29 is 8.42 Å². The summed E-state index contributed by atoms with van der Waals surface area (Å²) in [5.41, 5.74) is 0.927. The largest absolute Gasteiger partial charge is 0.346 e. The lowest BCUT2D eigenvalue weighted by atomic mass is 10.3. The van der Waals surface area contributed by atoms with E-state index in [0.29, 0.717) is 17.2 Å². The molecule has 0 spiro atoms. The highest BCUT2D eigenvalue weighted by Gasteiger charge is 2.13. The van der Waals surface area contributed by atoms with Gasteiger partial charge in [0.05, 0.1) is 0 Å². The molecular formula is C10H13N3O2S2. The van der Waals surface area contributed by atoms with Gasteiger partial charge in [0.25, 0.3) is 0 Å². The second-order valence-corrected chi connectivity index (χ2v) is 6.52. The van der Waals surface area contributed by atoms with Gasteiger partial charge in [-0.2, -0.15) is 0 Å². The van der Waals surface area contributed by atoms with Gasteiger partial charge in [-0.25, -0.2) is 18.1 Å². The zero-order chi connectivity index (χ0) is 12.3. The molecule has 0 saturated carbocycles. The van der Waals surface area contributed by atoms with Crippen molar-refractivity contribution in [3.8, 4) is 0 Å². The molecule has 2 aromatic rings. The van der Waals surface area contributed by atoms with Crippen molar-refractivity contribution in [2.24, 2.45) is 0 Å². The lowest BCUT2D eigenvalue weighted by molar-refractivity contribution is 0.583. The predicted octanol–water partition coefficient (Wildman–Crippen LogP) is 1.30. The summed E-state index contributed by atoms with van der Waals surface area (Å²) in [6.07, 6.45) is 2.32. The Morgan fingerprint density at radius 1 is 1.53 bits per heavy atom. The highest BCUT2D eigenvalue weighted by Crippen LogP contribution is 2.14. The number of rotatable bonds is 5. The van der Waals surface area contributed by atoms with Gasteiger partial charge in [0.15, 0.2) is 0 Å². The maximum Gasteiger partial charge on any atom is 0.250 e. The van der Waals surface area contributed by atoms with E-state index in [0.717, 1.165) is 11.5 Å². The third-order valence-electron chi connectivity index (χ3n) is 2.20. The number of hydrogen-bond acceptors (Lipinski definition) is 4. The normalized spacial score (nSPS) is 11.8. The molecule has 0 aromatic carbocycles. The Kier molecular flexibility index (Phi) is 3.60. The second-order valence-electron chi connectivity index (χ2n) is 3.57. The summed E-state index contributed by atoms with van der Waals surface area (Å²) in [5, 5.41) is 1.74. The van der Waals surface area contributed by atoms with Crippen LogP contribution in [0.2, 0.25) is 0 Å². The summed E-state index contributed by atoms with van der Waals surface area (Å²) in [4.78, 5) is 7.10. The van der Waals surface area contributed by atoms with Crippen molar-refractivity contribution in [1.82, 2.24) is 14.7 Å². The van der Waals surface area contributed by atoms with Crippen molar-refractivity contribution in [3.05, 3.63) is 35.2 Å². The molecule has 2 rings (SSSR count). The summed E-state index contributed by atoms with van der Waals surface area (Å²) < 4.78 is 26.4. The minimum Gasteiger partial charge on any atom is -0.346 e. The first-order valence-corrected chi connectivity index (χ1v) is 7.48. The van der Waals surface area contributed by atoms with Crippen molar-refractivity contribution in [2.75, 3.05) is 6.54 Å². The number of aromatic nitrogens is 2. The molecule has 17 heavy (non-hydrogen) atoms. The number of H-pyrrole nitrogens is 1. The molecule has 2 N–H and O–H groups in total. The van der Waals surface area contributed by atoms with E-state index < -0.39 is 10.0 Å². The zero-order valence-corrected chi connectivity index (χ0v) is 10.9. The van der Waals surface area contributed by atoms with Crippen molar-refractivity contribution >= 4 is 21.4 Å². The van der Waals surface area contributed by atoms with Crippen LogP contribution in [0.4, 0.5) is 0 Å². The molecule has 7 heteroatoms. The smallest absolute Gasteiger partial charge is 0.250 e. The van der Waals surface area contributed by atoms with E-state index in [-0.39, 0.29) is 0 Å². The first-order valence-electron chi connectivity index (χ1n) is 5.11. The number of nitrogens with one attached hydrogen (secondary N) is 2. The monoisotopic (exact) mass is 271 g/mol. The number of aromatic amines is 1. The second kappa shape index (κ2) is 4.99. The number of sulfonamides is 1. The highest BCUT2D eigenvalue weighted by atomic mass is 32.2. The molecule has 0 radical (unpaired) electrons. The van der Waals surface area contributed by atoms with Gasteiger partial charge in [-0.05, 0) is 18.4 Å². The first kappa shape index (κ1) is 12.3. The van der Waals surface area contributed by atoms with E-state index in [1.165, 1.54) is 11.3 Å². The van der Waals surface area contributed by atoms with Crippen molar-refractivity contribution in [3.63, 3.8) is 0 Å². The number of thiophene rings is 1. The fourth-order valence-electron chi connectivity index (χ4n) is 1.41. The average molecular weight is 271 g/mol. The van der Waals surface area contributed by atoms with Crippen LogP contribution in [0.3, 0.4) is 0 Å². The molecule has 0 fully saturated rings. The molecule has 92 valence electrons. The van der Waals surface area contributed by atoms with E-state index in [9.17, 15) is 8.42 Å². The standard InChI is InChI=1S/C10H13N3O2S2/c1-8-11-7-9(13-8)4-5-12-17(14,15)10-3-2-6-16-10/h2-3,6-7,12H,4-5H2,1H3,(H,11,13). The summed E-state index contributed by atoms with van der Waals surface area (Å²) in [6, 6.07) is 3.31. The van der Waals surface area contributed by atoms with Crippen LogP contribution < -0.4 is 4.72 Å². The van der Waals surface area contributed by atoms with Gasteiger partial charge < -0.3 is 4.98 Å². The van der Waals surface area contributed by atoms with Gasteiger partial charge in [-0.15, -0.1) is 11.3 Å². The third kappa shape index (κ3) is 3.15. The van der Waals surface area contributed by atoms with Gasteiger partial charge in [0, 0.05) is 24.9 Å². The van der Waals surface area contributed by atoms with Gasteiger partial charge in [0.2, 0.25) is 10.0 Å². The van der Waals surface area contributed by atoms with E-state index in [1.54, 1.807) is 23.7 Å². The summed E-state index contributed by atoms with van der Waals surface area (Å²) in [7, 11) is -3.35. The number of nitrogens with zero attached hydrogens (tertiary/aromatic N) is 1. The van der Waals surface area contributed by atoms with Crippen LogP contribution in [0.5, 0.6) is 0 Å². The number of imidazole rings is 1. The predicted molar refractivity (Wildman–Crippen MR) is 66.5 cm³/mol. The van der Waals surface area contributed by atoms with Gasteiger partial charge in [-0.3, -0.25) is 0 Å². The maximum atomic E-state index is 11.8. The number of hydrogen-bond donors (Lipinski definition) is 2. The van der Waals surface area contributed by atoms with Crippen LogP contribution in [0.1, 0.15) is 11.5 Å². The van der Waals surface area contributed by atoms with Crippen LogP contribution in [0.15, 0.2) is 27.9 Å². The van der Waals surface area contributed by atoms with E-state index in [2.05, 4.69) is 14.7 Å². The van der Waals surface area contributed by atoms with Crippen LogP contribution in [-0.2, 0) is 16.4 Å². The molecule has 0 bridgehead atoms. The first-order chi connectivity index (χ1) is 8.08. The molecule has 2 heterocycles. The Balaban J connectivity index is 1.91. The third-order valence-corrected chi connectivity index (χ3v) is 5.06. The summed E-state index contributed by atoms with van der Waals surface area (Å²) in [6.45, 7) is 2.22. The molecule has 0 unspecified atom stereocenters. The maximum absolute atomic E-state index is 11.8. The van der Waals surface area contributed by atoms with Crippen LogP contribution in [-0.4, -0.2) is 24.9 Å². The zero-order valence-electron chi connectivity index (χ0n) is 9.30. The van der Waals surface area contributed by atoms with Crippen LogP contribution >= 0.6 is 11.3 Å². The molecule has 0 aliphatic heterocycles. The average Bonchev–Trinajstić information content (AvgIpc) is 2.89. The fraction of sp³-hybridized carbons (Fsp3) is 0.300. The lowest BCUT2D eigenvalue weighted by Crippen LogP contribution is -2.25. The van der Waals surface area contributed by atoms with Crippen LogP contribution in [0.25, 0.3) is 0 Å². The van der Waals surface area contributed by atoms with Crippen molar-refractivity contribution in [1.29, 1.82) is 0 Å². The molecular weight excluding hydrogens is 258 g/mol. The van der Waals surface area contributed by atoms with E-state index >= 15 is 0 Å². The minimum atomic E-state index is -3.35. The molecule has 0 amide bonds. The van der Waals surface area contributed by atoms with Gasteiger partial charge in [-0.1, -0.05) is 6.07 Å². The Bertz CT molecular complexity index is 572. The molecule has 0 aliphatic rings. The van der Waals surface area contributed by atoms with Crippen molar-refractivity contribution in [2.45, 2.75) is 17.6 Å². The Morgan fingerprint density at radius 2 is 2.35 bits per heavy atom. The Hall–Kier alpha value is -1.18. The van der Waals surface area contributed by atoms with E-state index in [4.69, 9.17) is 0 Å². The molecule has 0 atom stereocenters. The van der Waals surface area contributed by atoms with Crippen LogP contribution in [0, 0.1) is 6.92 Å². The summed E-state index contributed by atoms with van der Waals surface area (Å²) in [5.74, 6) is 0.834. The van der Waals surface area contributed by atoms with E-state index in [1.807, 2.05) is 6.92 Å². The SMILES string of the molecule is Cc1ncc(CCNS(=O)(=O)c2cccs2)[nH]1. The topological polar surface area (TPSA) is 74.8 Å². The molecule has 5 nitrogen and oxygen atoms in total. The molecule has 0 aliphatic carbocycles. The summed E-state index contributed by atoms with van der Waals surface area (Å²) >= 11 is 1.21. The quantitative estimate of drug-likeness (QED) is 0.860. The fourth-order valence-corrected chi connectivity index (χ4v) is 3.48. The molecule has 2 aromatic heterocycles. The van der Waals surface area contributed by atoms with Gasteiger partial charge >= 0.3 is 0 Å². The minimum absolute atomic E-state index is 0.346.